The van der Waals surface area contributed by atoms with Gasteiger partial charge in [0, 0.05) is 43.4 Å². The van der Waals surface area contributed by atoms with Gasteiger partial charge in [-0.1, -0.05) is 30.3 Å². The van der Waals surface area contributed by atoms with Crippen LogP contribution in [-0.4, -0.2) is 60.0 Å². The molecule has 34 heavy (non-hydrogen) atoms. The summed E-state index contributed by atoms with van der Waals surface area (Å²) in [5.41, 5.74) is 3.24. The minimum Gasteiger partial charge on any atom is -0.496 e. The number of nitrogens with zero attached hydrogens (tertiary/aromatic N) is 3. The largest absolute Gasteiger partial charge is 0.496 e. The molecule has 1 N–H and O–H groups in total. The van der Waals surface area contributed by atoms with Crippen LogP contribution in [0.5, 0.6) is 11.5 Å². The first-order valence-corrected chi connectivity index (χ1v) is 12.0. The van der Waals surface area contributed by atoms with Gasteiger partial charge < -0.3 is 14.8 Å². The summed E-state index contributed by atoms with van der Waals surface area (Å²) in [6.45, 7) is 2.79. The predicted molar refractivity (Wildman–Crippen MR) is 131 cm³/mol. The second-order valence-corrected chi connectivity index (χ2v) is 9.22. The maximum absolute atomic E-state index is 12.3. The summed E-state index contributed by atoms with van der Waals surface area (Å²) in [6.07, 6.45) is 2.26. The Morgan fingerprint density at radius 2 is 1.94 bits per heavy atom. The number of methoxy groups -OCH3 is 1. The number of fused-ring (bicyclic) bond motifs is 3. The van der Waals surface area contributed by atoms with Gasteiger partial charge in [-0.2, -0.15) is 5.10 Å². The Hall–Kier alpha value is -3.32. The average molecular weight is 461 g/mol. The SMILES string of the molecule is COc1ccccc1-c1cc([C@@H]2CN3CC[C@H]2C[C@@H]3CNC(=O)COc2ccccc2)n(C)n1. The molecular formula is C27H32N4O3. The van der Waals surface area contributed by atoms with Gasteiger partial charge in [0.05, 0.1) is 12.8 Å². The fraction of sp³-hybridized carbons (Fsp3) is 0.407. The second kappa shape index (κ2) is 9.89. The summed E-state index contributed by atoms with van der Waals surface area (Å²) in [5, 5.41) is 7.89. The van der Waals surface area contributed by atoms with Crippen molar-refractivity contribution in [2.24, 2.45) is 13.0 Å². The molecule has 0 radical (unpaired) electrons. The number of carbonyl (C=O) groups is 1. The molecule has 3 aliphatic rings. The molecule has 4 heterocycles. The third-order valence-electron chi connectivity index (χ3n) is 7.21. The van der Waals surface area contributed by atoms with Gasteiger partial charge in [0.25, 0.3) is 5.91 Å². The average Bonchev–Trinajstić information content (AvgIpc) is 3.28. The van der Waals surface area contributed by atoms with Gasteiger partial charge in [-0.05, 0) is 55.6 Å². The van der Waals surface area contributed by atoms with Crippen LogP contribution in [-0.2, 0) is 11.8 Å². The highest BCUT2D eigenvalue weighted by Crippen LogP contribution is 2.42. The first kappa shape index (κ1) is 22.5. The summed E-state index contributed by atoms with van der Waals surface area (Å²) >= 11 is 0. The van der Waals surface area contributed by atoms with Crippen molar-refractivity contribution in [3.05, 3.63) is 66.4 Å². The Bertz CT molecular complexity index is 1130. The van der Waals surface area contributed by atoms with E-state index in [4.69, 9.17) is 14.6 Å². The number of nitrogens with one attached hydrogen (secondary N) is 1. The van der Waals surface area contributed by atoms with E-state index in [2.05, 4.69) is 22.3 Å². The van der Waals surface area contributed by atoms with Crippen molar-refractivity contribution >= 4 is 5.91 Å². The normalized spacial score (nSPS) is 23.5. The van der Waals surface area contributed by atoms with E-state index in [1.165, 1.54) is 12.1 Å². The number of benzene rings is 2. The third kappa shape index (κ3) is 4.66. The lowest BCUT2D eigenvalue weighted by atomic mass is 9.74. The smallest absolute Gasteiger partial charge is 0.257 e. The van der Waals surface area contributed by atoms with E-state index < -0.39 is 0 Å². The molecule has 0 spiro atoms. The molecule has 4 atom stereocenters. The highest BCUT2D eigenvalue weighted by molar-refractivity contribution is 5.77. The molecule has 1 amide bonds. The van der Waals surface area contributed by atoms with Crippen molar-refractivity contribution in [1.29, 1.82) is 0 Å². The van der Waals surface area contributed by atoms with Gasteiger partial charge in [0.1, 0.15) is 11.5 Å². The van der Waals surface area contributed by atoms with Crippen molar-refractivity contribution in [1.82, 2.24) is 20.0 Å². The van der Waals surface area contributed by atoms with E-state index in [9.17, 15) is 4.79 Å². The number of aromatic nitrogens is 2. The molecule has 3 aliphatic heterocycles. The number of para-hydroxylation sites is 2. The maximum Gasteiger partial charge on any atom is 0.257 e. The molecule has 6 rings (SSSR count). The fourth-order valence-electron chi connectivity index (χ4n) is 5.45. The number of ether oxygens (including phenoxy) is 2. The molecule has 3 fully saturated rings. The Morgan fingerprint density at radius 1 is 1.15 bits per heavy atom. The molecule has 7 nitrogen and oxygen atoms in total. The standard InChI is InChI=1S/C27H32N4O3/c1-30-25(15-24(29-30)22-10-6-7-11-26(22)33-2)23-17-31-13-12-19(23)14-20(31)16-28-27(32)18-34-21-8-4-3-5-9-21/h3-11,15,19-20,23H,12-14,16-18H2,1-2H3,(H,28,32)/t19-,20+,23+/m0/s1. The maximum atomic E-state index is 12.3. The Balaban J connectivity index is 1.20. The summed E-state index contributed by atoms with van der Waals surface area (Å²) in [7, 11) is 3.74. The van der Waals surface area contributed by atoms with E-state index in [-0.39, 0.29) is 12.5 Å². The first-order valence-electron chi connectivity index (χ1n) is 12.0. The molecule has 1 aromatic heterocycles. The zero-order chi connectivity index (χ0) is 23.5. The number of carbonyl (C=O) groups excluding carboxylic acids is 1. The fourth-order valence-corrected chi connectivity index (χ4v) is 5.45. The Labute approximate surface area is 200 Å². The molecule has 1 unspecified atom stereocenters. The van der Waals surface area contributed by atoms with E-state index in [1.54, 1.807) is 7.11 Å². The zero-order valence-corrected chi connectivity index (χ0v) is 19.8. The highest BCUT2D eigenvalue weighted by atomic mass is 16.5. The number of rotatable bonds is 8. The summed E-state index contributed by atoms with van der Waals surface area (Å²) in [5.74, 6) is 2.52. The van der Waals surface area contributed by atoms with Crippen LogP contribution in [0.3, 0.4) is 0 Å². The number of aryl methyl sites for hydroxylation is 1. The van der Waals surface area contributed by atoms with Gasteiger partial charge in [-0.15, -0.1) is 0 Å². The van der Waals surface area contributed by atoms with Crippen molar-refractivity contribution < 1.29 is 14.3 Å². The van der Waals surface area contributed by atoms with Crippen LogP contribution in [0.2, 0.25) is 0 Å². The molecule has 2 aromatic carbocycles. The van der Waals surface area contributed by atoms with Crippen LogP contribution < -0.4 is 14.8 Å². The molecule has 0 aliphatic carbocycles. The Morgan fingerprint density at radius 3 is 2.71 bits per heavy atom. The van der Waals surface area contributed by atoms with Crippen molar-refractivity contribution in [2.75, 3.05) is 33.4 Å². The molecule has 178 valence electrons. The van der Waals surface area contributed by atoms with Gasteiger partial charge in [-0.3, -0.25) is 14.4 Å². The summed E-state index contributed by atoms with van der Waals surface area (Å²) in [6, 6.07) is 20.1. The van der Waals surface area contributed by atoms with Crippen molar-refractivity contribution in [3.8, 4) is 22.8 Å². The predicted octanol–water partition coefficient (Wildman–Crippen LogP) is 3.47. The minimum absolute atomic E-state index is 0.0452. The number of amides is 1. The van der Waals surface area contributed by atoms with E-state index in [0.717, 1.165) is 36.5 Å². The number of hydrogen-bond acceptors (Lipinski definition) is 5. The van der Waals surface area contributed by atoms with E-state index in [0.29, 0.717) is 30.2 Å². The quantitative estimate of drug-likeness (QED) is 0.558. The first-order chi connectivity index (χ1) is 16.6. The van der Waals surface area contributed by atoms with Crippen LogP contribution in [0.4, 0.5) is 0 Å². The lowest BCUT2D eigenvalue weighted by Gasteiger charge is -2.49. The lowest BCUT2D eigenvalue weighted by Crippen LogP contribution is -2.56. The van der Waals surface area contributed by atoms with Crippen LogP contribution in [0, 0.1) is 5.92 Å². The van der Waals surface area contributed by atoms with Crippen LogP contribution in [0.25, 0.3) is 11.3 Å². The molecule has 3 aromatic rings. The lowest BCUT2D eigenvalue weighted by molar-refractivity contribution is -0.123. The zero-order valence-electron chi connectivity index (χ0n) is 19.8. The van der Waals surface area contributed by atoms with Crippen LogP contribution in [0.15, 0.2) is 60.7 Å². The highest BCUT2D eigenvalue weighted by Gasteiger charge is 2.41. The minimum atomic E-state index is -0.0730. The molecule has 0 saturated carbocycles. The topological polar surface area (TPSA) is 68.6 Å². The van der Waals surface area contributed by atoms with Crippen LogP contribution in [0.1, 0.15) is 24.5 Å². The number of hydrogen-bond donors (Lipinski definition) is 1. The van der Waals surface area contributed by atoms with Crippen molar-refractivity contribution in [2.45, 2.75) is 24.8 Å². The van der Waals surface area contributed by atoms with Crippen molar-refractivity contribution in [3.63, 3.8) is 0 Å². The summed E-state index contributed by atoms with van der Waals surface area (Å²) in [4.78, 5) is 14.8. The van der Waals surface area contributed by atoms with Gasteiger partial charge in [0.2, 0.25) is 0 Å². The summed E-state index contributed by atoms with van der Waals surface area (Å²) < 4.78 is 13.1. The second-order valence-electron chi connectivity index (χ2n) is 9.22. The van der Waals surface area contributed by atoms with Gasteiger partial charge in [0.15, 0.2) is 6.61 Å². The molecule has 3 saturated heterocycles. The third-order valence-corrected chi connectivity index (χ3v) is 7.21. The molecule has 7 heteroatoms. The monoisotopic (exact) mass is 460 g/mol. The van der Waals surface area contributed by atoms with Gasteiger partial charge in [-0.25, -0.2) is 0 Å². The number of piperidine rings is 3. The van der Waals surface area contributed by atoms with E-state index >= 15 is 0 Å². The van der Waals surface area contributed by atoms with Crippen LogP contribution >= 0.6 is 0 Å². The molecular weight excluding hydrogens is 428 g/mol. The van der Waals surface area contributed by atoms with E-state index in [1.807, 2.05) is 60.3 Å². The van der Waals surface area contributed by atoms with Gasteiger partial charge >= 0.3 is 0 Å². The molecule has 2 bridgehead atoms. The Kier molecular flexibility index (Phi) is 6.54.